The monoisotopic (exact) mass is 459 g/mol. The maximum absolute atomic E-state index is 13.0. The molecule has 2 atom stereocenters. The highest BCUT2D eigenvalue weighted by atomic mass is 16.1. The minimum absolute atomic E-state index is 0.00144. The molecule has 172 valence electrons. The topological polar surface area (TPSA) is 72.7 Å². The van der Waals surface area contributed by atoms with Crippen molar-refractivity contribution in [2.75, 3.05) is 0 Å². The fraction of sp³-hybridized carbons (Fsp3) is 0.310. The fourth-order valence-corrected chi connectivity index (χ4v) is 5.99. The summed E-state index contributed by atoms with van der Waals surface area (Å²) < 4.78 is 2.30. The highest BCUT2D eigenvalue weighted by Crippen LogP contribution is 2.46. The number of benzene rings is 2. The van der Waals surface area contributed by atoms with E-state index in [-0.39, 0.29) is 23.4 Å². The molecule has 0 spiro atoms. The Balaban J connectivity index is 1.37. The average molecular weight is 460 g/mol. The van der Waals surface area contributed by atoms with Gasteiger partial charge in [-0.05, 0) is 56.0 Å². The summed E-state index contributed by atoms with van der Waals surface area (Å²) in [6.45, 7) is 4.08. The standard InChI is InChI=1S/C29H25N5O/c1-3-6-17-7-4-8-20-25(17)24-14-22(33-27(20)35)26-32-21-10-9-18(13-23(21)34(24)26)19-15-30-28(31-16-19)29(2)11-5-12-29/h4,7-10,13,15-16,22,24H,5,11-12,14H2,1-2H3,(H,33,35). The number of hydrogen-bond donors (Lipinski definition) is 1. The van der Waals surface area contributed by atoms with Gasteiger partial charge in [0.25, 0.3) is 5.91 Å². The van der Waals surface area contributed by atoms with Crippen LogP contribution in [0, 0.1) is 11.8 Å². The third kappa shape index (κ3) is 2.91. The first-order valence-corrected chi connectivity index (χ1v) is 12.3. The number of carbonyl (C=O) groups excluding carboxylic acids is 1. The maximum atomic E-state index is 13.0. The zero-order chi connectivity index (χ0) is 23.7. The lowest BCUT2D eigenvalue weighted by atomic mass is 9.70. The molecule has 1 saturated carbocycles. The summed E-state index contributed by atoms with van der Waals surface area (Å²) in [4.78, 5) is 27.4. The lowest BCUT2D eigenvalue weighted by Gasteiger charge is -2.36. The number of carbonyl (C=O) groups is 1. The van der Waals surface area contributed by atoms with Crippen LogP contribution in [0.1, 0.15) is 84.7 Å². The smallest absolute Gasteiger partial charge is 0.252 e. The van der Waals surface area contributed by atoms with Crippen molar-refractivity contribution in [3.63, 3.8) is 0 Å². The van der Waals surface area contributed by atoms with Crippen LogP contribution in [-0.4, -0.2) is 25.4 Å². The zero-order valence-electron chi connectivity index (χ0n) is 19.8. The van der Waals surface area contributed by atoms with E-state index < -0.39 is 0 Å². The van der Waals surface area contributed by atoms with E-state index in [4.69, 9.17) is 15.0 Å². The third-order valence-corrected chi connectivity index (χ3v) is 8.03. The van der Waals surface area contributed by atoms with E-state index in [1.54, 1.807) is 0 Å². The van der Waals surface area contributed by atoms with E-state index in [1.165, 1.54) is 6.42 Å². The van der Waals surface area contributed by atoms with Crippen molar-refractivity contribution in [1.29, 1.82) is 0 Å². The van der Waals surface area contributed by atoms with Gasteiger partial charge in [0, 0.05) is 40.1 Å². The minimum atomic E-state index is -0.121. The maximum Gasteiger partial charge on any atom is 0.252 e. The van der Waals surface area contributed by atoms with Gasteiger partial charge in [-0.25, -0.2) is 15.0 Å². The summed E-state index contributed by atoms with van der Waals surface area (Å²) in [5.41, 5.74) is 6.78. The molecule has 0 radical (unpaired) electrons. The molecule has 4 aromatic rings. The molecule has 0 saturated heterocycles. The van der Waals surface area contributed by atoms with Crippen molar-refractivity contribution in [3.8, 4) is 23.0 Å². The van der Waals surface area contributed by atoms with Crippen LogP contribution in [0.25, 0.3) is 22.2 Å². The summed E-state index contributed by atoms with van der Waals surface area (Å²) in [6, 6.07) is 12.0. The molecule has 2 aromatic carbocycles. The van der Waals surface area contributed by atoms with Crippen molar-refractivity contribution in [3.05, 3.63) is 77.1 Å². The summed E-state index contributed by atoms with van der Waals surface area (Å²) in [6.07, 6.45) is 8.24. The predicted octanol–water partition coefficient (Wildman–Crippen LogP) is 5.08. The molecule has 2 bridgehead atoms. The molecule has 2 aromatic heterocycles. The van der Waals surface area contributed by atoms with Gasteiger partial charge in [0.2, 0.25) is 0 Å². The lowest BCUT2D eigenvalue weighted by molar-refractivity contribution is 0.0938. The number of nitrogens with zero attached hydrogens (tertiary/aromatic N) is 4. The summed E-state index contributed by atoms with van der Waals surface area (Å²) in [5.74, 6) is 8.04. The Hall–Kier alpha value is -3.98. The van der Waals surface area contributed by atoms with Crippen LogP contribution in [0.5, 0.6) is 0 Å². The van der Waals surface area contributed by atoms with Gasteiger partial charge in [0.05, 0.1) is 23.1 Å². The second-order valence-corrected chi connectivity index (χ2v) is 10.2. The molecule has 7 rings (SSSR count). The molecule has 1 aliphatic carbocycles. The molecule has 3 aliphatic rings. The van der Waals surface area contributed by atoms with Crippen LogP contribution in [0.2, 0.25) is 0 Å². The van der Waals surface area contributed by atoms with Crippen LogP contribution in [0.4, 0.5) is 0 Å². The zero-order valence-corrected chi connectivity index (χ0v) is 19.8. The van der Waals surface area contributed by atoms with Crippen LogP contribution in [0.15, 0.2) is 48.8 Å². The molecule has 6 nitrogen and oxygen atoms in total. The molecule has 35 heavy (non-hydrogen) atoms. The largest absolute Gasteiger partial charge is 0.342 e. The van der Waals surface area contributed by atoms with Crippen LogP contribution in [0.3, 0.4) is 0 Å². The van der Waals surface area contributed by atoms with E-state index in [1.807, 2.05) is 37.5 Å². The second kappa shape index (κ2) is 7.26. The molecule has 2 aliphatic heterocycles. The molecule has 1 fully saturated rings. The molecule has 1 N–H and O–H groups in total. The SMILES string of the molecule is CC#Cc1cccc2c1C1CC(NC2=O)c2nc3ccc(-c4cnc(C5(C)CCC5)nc4)cc3n21. The molecule has 6 heteroatoms. The summed E-state index contributed by atoms with van der Waals surface area (Å²) in [5, 5.41) is 3.20. The molecular formula is C29H25N5O. The van der Waals surface area contributed by atoms with E-state index >= 15 is 0 Å². The minimum Gasteiger partial charge on any atom is -0.342 e. The third-order valence-electron chi connectivity index (χ3n) is 8.03. The summed E-state index contributed by atoms with van der Waals surface area (Å²) >= 11 is 0. The van der Waals surface area contributed by atoms with Gasteiger partial charge in [0.15, 0.2) is 0 Å². The predicted molar refractivity (Wildman–Crippen MR) is 134 cm³/mol. The number of rotatable bonds is 2. The molecule has 1 amide bonds. The van der Waals surface area contributed by atoms with Crippen molar-refractivity contribution in [2.45, 2.75) is 57.0 Å². The van der Waals surface area contributed by atoms with Crippen LogP contribution >= 0.6 is 0 Å². The van der Waals surface area contributed by atoms with Crippen LogP contribution in [-0.2, 0) is 5.41 Å². The fourth-order valence-electron chi connectivity index (χ4n) is 5.99. The molecular weight excluding hydrogens is 434 g/mol. The van der Waals surface area contributed by atoms with Crippen molar-refractivity contribution >= 4 is 16.9 Å². The first-order valence-electron chi connectivity index (χ1n) is 12.3. The quantitative estimate of drug-likeness (QED) is 0.424. The Morgan fingerprint density at radius 3 is 2.69 bits per heavy atom. The first-order chi connectivity index (χ1) is 17.1. The number of imidazole rings is 1. The Bertz CT molecular complexity index is 1580. The number of amides is 1. The van der Waals surface area contributed by atoms with Gasteiger partial charge in [-0.15, -0.1) is 5.92 Å². The van der Waals surface area contributed by atoms with Crippen LogP contribution < -0.4 is 5.32 Å². The number of hydrogen-bond acceptors (Lipinski definition) is 4. The van der Waals surface area contributed by atoms with E-state index in [9.17, 15) is 4.79 Å². The van der Waals surface area contributed by atoms with Gasteiger partial charge in [-0.1, -0.05) is 31.4 Å². The Kier molecular flexibility index (Phi) is 4.23. The summed E-state index contributed by atoms with van der Waals surface area (Å²) in [7, 11) is 0. The first kappa shape index (κ1) is 20.4. The number of fused-ring (bicyclic) bond motifs is 9. The van der Waals surface area contributed by atoms with Crippen molar-refractivity contribution < 1.29 is 4.79 Å². The second-order valence-electron chi connectivity index (χ2n) is 10.2. The van der Waals surface area contributed by atoms with E-state index in [0.29, 0.717) is 5.56 Å². The van der Waals surface area contributed by atoms with Gasteiger partial charge in [-0.3, -0.25) is 4.79 Å². The van der Waals surface area contributed by atoms with Gasteiger partial charge in [-0.2, -0.15) is 0 Å². The van der Waals surface area contributed by atoms with Gasteiger partial charge >= 0.3 is 0 Å². The number of nitrogens with one attached hydrogen (secondary N) is 1. The Labute approximate surface area is 203 Å². The molecule has 2 unspecified atom stereocenters. The van der Waals surface area contributed by atoms with Crippen molar-refractivity contribution in [1.82, 2.24) is 24.8 Å². The number of aromatic nitrogens is 4. The van der Waals surface area contributed by atoms with Crippen molar-refractivity contribution in [2.24, 2.45) is 0 Å². The van der Waals surface area contributed by atoms with Gasteiger partial charge < -0.3 is 9.88 Å². The highest BCUT2D eigenvalue weighted by Gasteiger charge is 2.41. The molecule has 4 heterocycles. The van der Waals surface area contributed by atoms with E-state index in [2.05, 4.69) is 46.8 Å². The average Bonchev–Trinajstić information content (AvgIpc) is 3.35. The highest BCUT2D eigenvalue weighted by molar-refractivity contribution is 5.98. The Morgan fingerprint density at radius 1 is 1.11 bits per heavy atom. The Morgan fingerprint density at radius 2 is 1.94 bits per heavy atom. The van der Waals surface area contributed by atoms with E-state index in [0.717, 1.165) is 64.2 Å². The lowest BCUT2D eigenvalue weighted by Crippen LogP contribution is -2.32. The normalized spacial score (nSPS) is 21.3. The van der Waals surface area contributed by atoms with Gasteiger partial charge in [0.1, 0.15) is 11.6 Å².